The quantitative estimate of drug-likeness (QED) is 0.902. The molecule has 0 bridgehead atoms. The third-order valence-corrected chi connectivity index (χ3v) is 4.67. The van der Waals surface area contributed by atoms with Crippen LogP contribution in [0.4, 0.5) is 13.2 Å². The molecule has 1 atom stereocenters. The molecule has 0 saturated carbocycles. The number of carboxylic acid groups (broad SMARTS) is 1. The lowest BCUT2D eigenvalue weighted by Crippen LogP contribution is -2.48. The van der Waals surface area contributed by atoms with Gasteiger partial charge in [-0.1, -0.05) is 36.4 Å². The van der Waals surface area contributed by atoms with Gasteiger partial charge in [-0.15, -0.1) is 0 Å². The van der Waals surface area contributed by atoms with Gasteiger partial charge in [-0.05, 0) is 17.9 Å². The Hall–Kier alpha value is -2.77. The van der Waals surface area contributed by atoms with Crippen molar-refractivity contribution in [2.45, 2.75) is 12.6 Å². The van der Waals surface area contributed by atoms with E-state index in [1.807, 2.05) is 30.3 Å². The highest BCUT2D eigenvalue weighted by Crippen LogP contribution is 2.45. The zero-order valence-corrected chi connectivity index (χ0v) is 13.6. The molecule has 0 aliphatic carbocycles. The van der Waals surface area contributed by atoms with E-state index in [0.29, 0.717) is 5.75 Å². The number of aliphatic carboxylic acids is 1. The highest BCUT2D eigenvalue weighted by molar-refractivity contribution is 5.89. The van der Waals surface area contributed by atoms with Crippen molar-refractivity contribution in [3.8, 4) is 5.75 Å². The van der Waals surface area contributed by atoms with Crippen LogP contribution < -0.4 is 4.74 Å². The molecule has 1 heterocycles. The average Bonchev–Trinajstić information content (AvgIpc) is 3.06. The van der Waals surface area contributed by atoms with E-state index < -0.39 is 43.0 Å². The lowest BCUT2D eigenvalue weighted by molar-refractivity contribution is -0.227. The summed E-state index contributed by atoms with van der Waals surface area (Å²) in [6.45, 7) is -1.63. The minimum absolute atomic E-state index is 0.274. The lowest BCUT2D eigenvalue weighted by atomic mass is 9.86. The molecule has 1 amide bonds. The van der Waals surface area contributed by atoms with Gasteiger partial charge in [0, 0.05) is 18.5 Å². The van der Waals surface area contributed by atoms with Gasteiger partial charge in [-0.25, -0.2) is 0 Å². The van der Waals surface area contributed by atoms with E-state index in [1.54, 1.807) is 12.1 Å². The Labute approximate surface area is 147 Å². The molecule has 2 aromatic carbocycles. The van der Waals surface area contributed by atoms with E-state index in [4.69, 9.17) is 9.84 Å². The molecule has 1 saturated heterocycles. The Kier molecular flexibility index (Phi) is 4.52. The molecule has 5 nitrogen and oxygen atoms in total. The summed E-state index contributed by atoms with van der Waals surface area (Å²) in [5.74, 6) is -2.20. The number of likely N-dealkylation sites (tertiary alicyclic amines) is 1. The van der Waals surface area contributed by atoms with Crippen molar-refractivity contribution < 1.29 is 32.6 Å². The number of hydrogen-bond donors (Lipinski definition) is 1. The van der Waals surface area contributed by atoms with Gasteiger partial charge in [0.1, 0.15) is 5.75 Å². The van der Waals surface area contributed by atoms with E-state index in [0.717, 1.165) is 15.7 Å². The average molecular weight is 367 g/mol. The summed E-state index contributed by atoms with van der Waals surface area (Å²) in [6.07, 6.45) is -5.59. The summed E-state index contributed by atoms with van der Waals surface area (Å²) in [7, 11) is 0. The second-order valence-electron chi connectivity index (χ2n) is 6.22. The summed E-state index contributed by atoms with van der Waals surface area (Å²) >= 11 is 0. The molecule has 2 aromatic rings. The number of carbonyl (C=O) groups excluding carboxylic acids is 1. The third kappa shape index (κ3) is 3.07. The number of amides is 1. The van der Waals surface area contributed by atoms with Crippen molar-refractivity contribution in [3.05, 3.63) is 42.5 Å². The number of ether oxygens (including phenoxy) is 1. The molecule has 8 heteroatoms. The summed E-state index contributed by atoms with van der Waals surface area (Å²) in [4.78, 5) is 24.3. The van der Waals surface area contributed by atoms with Crippen molar-refractivity contribution >= 4 is 22.6 Å². The first-order chi connectivity index (χ1) is 12.2. The van der Waals surface area contributed by atoms with Gasteiger partial charge >= 0.3 is 12.1 Å². The highest BCUT2D eigenvalue weighted by atomic mass is 19.4. The van der Waals surface area contributed by atoms with Gasteiger partial charge in [0.05, 0.1) is 0 Å². The van der Waals surface area contributed by atoms with Gasteiger partial charge in [0.2, 0.25) is 0 Å². The number of halogens is 3. The first kappa shape index (κ1) is 18.0. The smallest absolute Gasteiger partial charge is 0.406 e. The van der Waals surface area contributed by atoms with Crippen LogP contribution in [0.3, 0.4) is 0 Å². The molecule has 3 rings (SSSR count). The SMILES string of the molecule is O=C(COc1cccc2ccccc12)N1CCC(C(=O)O)(C(F)(F)F)C1. The number of nitrogens with zero attached hydrogens (tertiary/aromatic N) is 1. The van der Waals surface area contributed by atoms with Crippen LogP contribution in [0, 0.1) is 5.41 Å². The van der Waals surface area contributed by atoms with E-state index in [1.165, 1.54) is 0 Å². The maximum Gasteiger partial charge on any atom is 0.406 e. The molecule has 1 aliphatic heterocycles. The standard InChI is InChI=1S/C18H16F3NO4/c19-18(20,21)17(16(24)25)8-9-22(11-17)15(23)10-26-14-7-3-5-12-4-1-2-6-13(12)14/h1-7H,8-11H2,(H,24,25). The fourth-order valence-corrected chi connectivity index (χ4v) is 3.10. The third-order valence-electron chi connectivity index (χ3n) is 4.67. The van der Waals surface area contributed by atoms with Crippen molar-refractivity contribution in [1.29, 1.82) is 0 Å². The van der Waals surface area contributed by atoms with E-state index in [-0.39, 0.29) is 6.54 Å². The highest BCUT2D eigenvalue weighted by Gasteiger charge is 2.64. The number of carbonyl (C=O) groups is 2. The lowest BCUT2D eigenvalue weighted by Gasteiger charge is -2.27. The molecule has 0 spiro atoms. The molecule has 26 heavy (non-hydrogen) atoms. The number of hydrogen-bond acceptors (Lipinski definition) is 3. The minimum Gasteiger partial charge on any atom is -0.483 e. The molecule has 1 N–H and O–H groups in total. The summed E-state index contributed by atoms with van der Waals surface area (Å²) in [5.41, 5.74) is -2.91. The second-order valence-corrected chi connectivity index (χ2v) is 6.22. The van der Waals surface area contributed by atoms with Crippen LogP contribution in [0.15, 0.2) is 42.5 Å². The van der Waals surface area contributed by atoms with Crippen molar-refractivity contribution in [1.82, 2.24) is 4.90 Å². The van der Waals surface area contributed by atoms with Gasteiger partial charge in [0.15, 0.2) is 12.0 Å². The first-order valence-electron chi connectivity index (χ1n) is 7.93. The van der Waals surface area contributed by atoms with Crippen LogP contribution in [0.2, 0.25) is 0 Å². The Balaban J connectivity index is 1.70. The first-order valence-corrected chi connectivity index (χ1v) is 7.93. The van der Waals surface area contributed by atoms with Crippen LogP contribution >= 0.6 is 0 Å². The van der Waals surface area contributed by atoms with Crippen molar-refractivity contribution in [2.24, 2.45) is 5.41 Å². The molecule has 1 fully saturated rings. The van der Waals surface area contributed by atoms with Crippen LogP contribution in [-0.2, 0) is 9.59 Å². The van der Waals surface area contributed by atoms with Crippen molar-refractivity contribution in [2.75, 3.05) is 19.7 Å². The largest absolute Gasteiger partial charge is 0.483 e. The number of benzene rings is 2. The van der Waals surface area contributed by atoms with E-state index in [2.05, 4.69) is 0 Å². The Morgan fingerprint density at radius 3 is 2.50 bits per heavy atom. The topological polar surface area (TPSA) is 66.8 Å². The molecule has 1 unspecified atom stereocenters. The summed E-state index contributed by atoms with van der Waals surface area (Å²) in [6, 6.07) is 12.6. The Morgan fingerprint density at radius 1 is 1.15 bits per heavy atom. The molecular weight excluding hydrogens is 351 g/mol. The minimum atomic E-state index is -4.93. The van der Waals surface area contributed by atoms with Gasteiger partial charge in [-0.3, -0.25) is 9.59 Å². The zero-order chi connectivity index (χ0) is 18.9. The van der Waals surface area contributed by atoms with Crippen LogP contribution in [0.25, 0.3) is 10.8 Å². The Bertz CT molecular complexity index is 846. The van der Waals surface area contributed by atoms with Gasteiger partial charge in [-0.2, -0.15) is 13.2 Å². The van der Waals surface area contributed by atoms with Crippen LogP contribution in [0.5, 0.6) is 5.75 Å². The predicted octanol–water partition coefficient (Wildman–Crippen LogP) is 3.08. The summed E-state index contributed by atoms with van der Waals surface area (Å²) in [5, 5.41) is 10.7. The van der Waals surface area contributed by atoms with Crippen LogP contribution in [-0.4, -0.2) is 47.8 Å². The molecule has 0 aromatic heterocycles. The number of alkyl halides is 3. The van der Waals surface area contributed by atoms with Crippen LogP contribution in [0.1, 0.15) is 6.42 Å². The van der Waals surface area contributed by atoms with Crippen molar-refractivity contribution in [3.63, 3.8) is 0 Å². The number of fused-ring (bicyclic) bond motifs is 1. The predicted molar refractivity (Wildman–Crippen MR) is 86.8 cm³/mol. The molecule has 138 valence electrons. The van der Waals surface area contributed by atoms with E-state index >= 15 is 0 Å². The van der Waals surface area contributed by atoms with E-state index in [9.17, 15) is 22.8 Å². The fraction of sp³-hybridized carbons (Fsp3) is 0.333. The maximum absolute atomic E-state index is 13.2. The fourth-order valence-electron chi connectivity index (χ4n) is 3.10. The van der Waals surface area contributed by atoms with Gasteiger partial charge in [0.25, 0.3) is 5.91 Å². The molecule has 0 radical (unpaired) electrons. The summed E-state index contributed by atoms with van der Waals surface area (Å²) < 4.78 is 45.0. The molecule has 1 aliphatic rings. The maximum atomic E-state index is 13.2. The molecular formula is C18H16F3NO4. The zero-order valence-electron chi connectivity index (χ0n) is 13.6. The monoisotopic (exact) mass is 367 g/mol. The second kappa shape index (κ2) is 6.51. The number of carboxylic acids is 1. The Morgan fingerprint density at radius 2 is 1.85 bits per heavy atom. The normalized spacial score (nSPS) is 20.3. The number of rotatable bonds is 4. The van der Waals surface area contributed by atoms with Gasteiger partial charge < -0.3 is 14.7 Å².